The van der Waals surface area contributed by atoms with Gasteiger partial charge in [0.25, 0.3) is 0 Å². The Morgan fingerprint density at radius 3 is 2.32 bits per heavy atom. The fourth-order valence-electron chi connectivity index (χ4n) is 1.87. The zero-order valence-corrected chi connectivity index (χ0v) is 14.3. The lowest BCUT2D eigenvalue weighted by Gasteiger charge is -2.19. The zero-order valence-electron chi connectivity index (χ0n) is 11.4. The van der Waals surface area contributed by atoms with Gasteiger partial charge in [-0.3, -0.25) is 4.79 Å². The maximum Gasteiger partial charge on any atom is 0.168 e. The standard InChI is InChI=1S/C16H17IOS/c1-16(2,3)13-6-4-11(5-7-13)8-14(18)12-9-15(17)19-10-12/h4-7,9-10H,8H2,1-3H3. The number of hydrogen-bond acceptors (Lipinski definition) is 2. The van der Waals surface area contributed by atoms with Gasteiger partial charge in [-0.05, 0) is 45.2 Å². The van der Waals surface area contributed by atoms with E-state index in [-0.39, 0.29) is 11.2 Å². The molecule has 0 unspecified atom stereocenters. The van der Waals surface area contributed by atoms with Gasteiger partial charge in [0.2, 0.25) is 0 Å². The Bertz CT molecular complexity index is 576. The minimum Gasteiger partial charge on any atom is -0.294 e. The van der Waals surface area contributed by atoms with Gasteiger partial charge in [0.05, 0.1) is 2.88 Å². The molecule has 0 aliphatic heterocycles. The molecular weight excluding hydrogens is 367 g/mol. The average molecular weight is 384 g/mol. The first-order chi connectivity index (χ1) is 8.86. The van der Waals surface area contributed by atoms with E-state index in [0.717, 1.165) is 14.0 Å². The molecule has 2 aromatic rings. The smallest absolute Gasteiger partial charge is 0.168 e. The predicted octanol–water partition coefficient (Wildman–Crippen LogP) is 5.08. The molecule has 0 amide bonds. The molecule has 0 N–H and O–H groups in total. The van der Waals surface area contributed by atoms with Crippen molar-refractivity contribution >= 4 is 39.7 Å². The van der Waals surface area contributed by atoms with Gasteiger partial charge in [-0.15, -0.1) is 11.3 Å². The van der Waals surface area contributed by atoms with Gasteiger partial charge < -0.3 is 0 Å². The largest absolute Gasteiger partial charge is 0.294 e. The highest BCUT2D eigenvalue weighted by molar-refractivity contribution is 14.1. The number of carbonyl (C=O) groups excluding carboxylic acids is 1. The summed E-state index contributed by atoms with van der Waals surface area (Å²) >= 11 is 3.86. The van der Waals surface area contributed by atoms with Crippen molar-refractivity contribution in [3.8, 4) is 0 Å². The van der Waals surface area contributed by atoms with Gasteiger partial charge in [0, 0.05) is 17.4 Å². The van der Waals surface area contributed by atoms with Gasteiger partial charge in [-0.1, -0.05) is 45.0 Å². The highest BCUT2D eigenvalue weighted by atomic mass is 127. The van der Waals surface area contributed by atoms with Crippen molar-refractivity contribution in [1.29, 1.82) is 0 Å². The number of rotatable bonds is 3. The fraction of sp³-hybridized carbons (Fsp3) is 0.312. The minimum atomic E-state index is 0.159. The quantitative estimate of drug-likeness (QED) is 0.533. The second-order valence-corrected chi connectivity index (χ2v) is 8.49. The Kier molecular flexibility index (Phi) is 4.46. The Hall–Kier alpha value is -0.680. The lowest BCUT2D eigenvalue weighted by atomic mass is 9.86. The maximum absolute atomic E-state index is 12.1. The molecule has 0 radical (unpaired) electrons. The molecule has 2 rings (SSSR count). The maximum atomic E-state index is 12.1. The van der Waals surface area contributed by atoms with Crippen LogP contribution in [0.5, 0.6) is 0 Å². The average Bonchev–Trinajstić information content (AvgIpc) is 2.75. The van der Waals surface area contributed by atoms with Crippen LogP contribution in [0.2, 0.25) is 0 Å². The van der Waals surface area contributed by atoms with E-state index in [9.17, 15) is 4.79 Å². The third kappa shape index (κ3) is 3.89. The molecule has 0 bridgehead atoms. The fourth-order valence-corrected chi connectivity index (χ4v) is 3.22. The molecule has 0 aliphatic carbocycles. The summed E-state index contributed by atoms with van der Waals surface area (Å²) in [6.07, 6.45) is 0.483. The minimum absolute atomic E-state index is 0.159. The lowest BCUT2D eigenvalue weighted by Crippen LogP contribution is -2.11. The summed E-state index contributed by atoms with van der Waals surface area (Å²) < 4.78 is 1.16. The van der Waals surface area contributed by atoms with Crippen LogP contribution in [-0.4, -0.2) is 5.78 Å². The second-order valence-electron chi connectivity index (χ2n) is 5.69. The van der Waals surface area contributed by atoms with E-state index in [0.29, 0.717) is 6.42 Å². The van der Waals surface area contributed by atoms with Gasteiger partial charge in [0.1, 0.15) is 0 Å². The number of Topliss-reactive ketones (excluding diaryl/α,β-unsaturated/α-hetero) is 1. The SMILES string of the molecule is CC(C)(C)c1ccc(CC(=O)c2csc(I)c2)cc1. The Morgan fingerprint density at radius 1 is 1.21 bits per heavy atom. The molecule has 3 heteroatoms. The predicted molar refractivity (Wildman–Crippen MR) is 90.2 cm³/mol. The van der Waals surface area contributed by atoms with Crippen LogP contribution < -0.4 is 0 Å². The number of carbonyl (C=O) groups is 1. The van der Waals surface area contributed by atoms with Crippen molar-refractivity contribution in [2.45, 2.75) is 32.6 Å². The summed E-state index contributed by atoms with van der Waals surface area (Å²) in [6, 6.07) is 10.3. The molecule has 0 fully saturated rings. The van der Waals surface area contributed by atoms with Crippen LogP contribution in [0.1, 0.15) is 42.3 Å². The van der Waals surface area contributed by atoms with E-state index in [1.54, 1.807) is 11.3 Å². The molecule has 1 nitrogen and oxygen atoms in total. The van der Waals surface area contributed by atoms with Gasteiger partial charge in [-0.25, -0.2) is 0 Å². The van der Waals surface area contributed by atoms with E-state index < -0.39 is 0 Å². The van der Waals surface area contributed by atoms with Crippen LogP contribution in [-0.2, 0) is 11.8 Å². The Balaban J connectivity index is 2.10. The summed E-state index contributed by atoms with van der Waals surface area (Å²) in [4.78, 5) is 12.1. The van der Waals surface area contributed by atoms with Crippen molar-refractivity contribution in [1.82, 2.24) is 0 Å². The number of thiophene rings is 1. The summed E-state index contributed by atoms with van der Waals surface area (Å²) in [6.45, 7) is 6.58. The van der Waals surface area contributed by atoms with E-state index in [1.807, 2.05) is 11.4 Å². The molecule has 0 atom stereocenters. The van der Waals surface area contributed by atoms with Crippen molar-refractivity contribution in [3.05, 3.63) is 55.3 Å². The molecule has 1 aromatic carbocycles. The molecule has 1 heterocycles. The summed E-state index contributed by atoms with van der Waals surface area (Å²) in [5, 5.41) is 1.94. The van der Waals surface area contributed by atoms with Crippen LogP contribution in [0, 0.1) is 2.88 Å². The van der Waals surface area contributed by atoms with Crippen LogP contribution in [0.4, 0.5) is 0 Å². The summed E-state index contributed by atoms with van der Waals surface area (Å²) in [7, 11) is 0. The highest BCUT2D eigenvalue weighted by Crippen LogP contribution is 2.23. The molecule has 0 aliphatic rings. The Labute approximate surface area is 132 Å². The second kappa shape index (κ2) is 5.75. The number of benzene rings is 1. The van der Waals surface area contributed by atoms with Crippen molar-refractivity contribution < 1.29 is 4.79 Å². The first-order valence-electron chi connectivity index (χ1n) is 6.23. The first kappa shape index (κ1) is 14.7. The molecular formula is C16H17IOS. The molecule has 0 spiro atoms. The zero-order chi connectivity index (χ0) is 14.0. The first-order valence-corrected chi connectivity index (χ1v) is 8.19. The highest BCUT2D eigenvalue weighted by Gasteiger charge is 2.14. The molecule has 0 saturated carbocycles. The third-order valence-electron chi connectivity index (χ3n) is 3.07. The van der Waals surface area contributed by atoms with Gasteiger partial charge in [-0.2, -0.15) is 0 Å². The van der Waals surface area contributed by atoms with Crippen LogP contribution in [0.3, 0.4) is 0 Å². The summed E-state index contributed by atoms with van der Waals surface area (Å²) in [5.41, 5.74) is 3.37. The van der Waals surface area contributed by atoms with Crippen LogP contribution in [0.15, 0.2) is 35.7 Å². The van der Waals surface area contributed by atoms with Gasteiger partial charge in [0.15, 0.2) is 5.78 Å². The normalized spacial score (nSPS) is 11.6. The number of hydrogen-bond donors (Lipinski definition) is 0. The van der Waals surface area contributed by atoms with Crippen molar-refractivity contribution in [3.63, 3.8) is 0 Å². The van der Waals surface area contributed by atoms with Crippen molar-refractivity contribution in [2.24, 2.45) is 0 Å². The van der Waals surface area contributed by atoms with Crippen LogP contribution in [0.25, 0.3) is 0 Å². The lowest BCUT2D eigenvalue weighted by molar-refractivity contribution is 0.0993. The van der Waals surface area contributed by atoms with E-state index in [2.05, 4.69) is 67.6 Å². The monoisotopic (exact) mass is 384 g/mol. The number of halogens is 1. The Morgan fingerprint density at radius 2 is 1.84 bits per heavy atom. The van der Waals surface area contributed by atoms with Gasteiger partial charge >= 0.3 is 0 Å². The van der Waals surface area contributed by atoms with Crippen LogP contribution >= 0.6 is 33.9 Å². The van der Waals surface area contributed by atoms with E-state index in [4.69, 9.17) is 0 Å². The molecule has 19 heavy (non-hydrogen) atoms. The summed E-state index contributed by atoms with van der Waals surface area (Å²) in [5.74, 6) is 0.197. The van der Waals surface area contributed by atoms with E-state index in [1.165, 1.54) is 5.56 Å². The topological polar surface area (TPSA) is 17.1 Å². The molecule has 100 valence electrons. The van der Waals surface area contributed by atoms with Crippen molar-refractivity contribution in [2.75, 3.05) is 0 Å². The number of ketones is 1. The van der Waals surface area contributed by atoms with E-state index >= 15 is 0 Å². The molecule has 0 saturated heterocycles. The third-order valence-corrected chi connectivity index (χ3v) is 4.86. The molecule has 1 aromatic heterocycles.